The first kappa shape index (κ1) is 31.1. The smallest absolute Gasteiger partial charge is 0.148 e. The van der Waals surface area contributed by atoms with Crippen molar-refractivity contribution in [1.29, 1.82) is 0 Å². The van der Waals surface area contributed by atoms with Gasteiger partial charge in [0.05, 0.1) is 16.7 Å². The van der Waals surface area contributed by atoms with Crippen molar-refractivity contribution in [3.8, 4) is 22.3 Å². The molecule has 2 aliphatic rings. The van der Waals surface area contributed by atoms with Gasteiger partial charge in [0.15, 0.2) is 0 Å². The Balaban J connectivity index is 1.05. The minimum atomic E-state index is -0.230. The quantitative estimate of drug-likeness (QED) is 0.164. The van der Waals surface area contributed by atoms with E-state index in [-0.39, 0.29) is 18.5 Å². The van der Waals surface area contributed by atoms with Crippen molar-refractivity contribution in [3.05, 3.63) is 205 Å². The third kappa shape index (κ3) is 5.68. The highest BCUT2D eigenvalue weighted by atomic mass is 15.3. The zero-order valence-electron chi connectivity index (χ0n) is 29.0. The topological polar surface area (TPSA) is 53.4 Å². The monoisotopic (exact) mass is 683 g/mol. The fourth-order valence-electron chi connectivity index (χ4n) is 7.91. The normalized spacial score (nSPS) is 18.4. The van der Waals surface area contributed by atoms with Gasteiger partial charge >= 0.3 is 0 Å². The minimum absolute atomic E-state index is 0.152. The maximum atomic E-state index is 5.27. The van der Waals surface area contributed by atoms with E-state index in [2.05, 4.69) is 203 Å². The molecule has 0 amide bonds. The predicted octanol–water partition coefficient (Wildman–Crippen LogP) is 10.8. The van der Waals surface area contributed by atoms with Crippen molar-refractivity contribution >= 4 is 38.4 Å². The molecule has 0 spiro atoms. The molecule has 0 bridgehead atoms. The lowest BCUT2D eigenvalue weighted by atomic mass is 10.0. The van der Waals surface area contributed by atoms with Gasteiger partial charge in [-0.15, -0.1) is 0 Å². The van der Waals surface area contributed by atoms with E-state index in [1.54, 1.807) is 0 Å². The number of aliphatic imine (C=N–C) groups is 1. The molecular formula is C48H37N5. The number of allylic oxidation sites excluding steroid dienone is 2. The number of amidine groups is 1. The highest BCUT2D eigenvalue weighted by molar-refractivity contribution is 6.21. The molecule has 3 heterocycles. The van der Waals surface area contributed by atoms with Gasteiger partial charge in [0, 0.05) is 10.8 Å². The van der Waals surface area contributed by atoms with Gasteiger partial charge in [0.2, 0.25) is 0 Å². The van der Waals surface area contributed by atoms with Crippen LogP contribution < -0.4 is 16.0 Å². The number of fused-ring (bicyclic) bond motifs is 5. The summed E-state index contributed by atoms with van der Waals surface area (Å²) in [6.07, 6.45) is 5.99. The summed E-state index contributed by atoms with van der Waals surface area (Å²) in [5.74, 6) is 0.820. The zero-order chi connectivity index (χ0) is 35.1. The van der Waals surface area contributed by atoms with E-state index in [0.717, 1.165) is 22.7 Å². The average Bonchev–Trinajstić information content (AvgIpc) is 3.59. The maximum absolute atomic E-state index is 5.27. The van der Waals surface area contributed by atoms with Gasteiger partial charge in [0.1, 0.15) is 24.3 Å². The minimum Gasteiger partial charge on any atom is -0.359 e. The standard InChI is InChI=1S/C48H37N5/c1-4-13-32(14-5-1)34-23-25-37(26-24-34)47-50-46(36-18-8-3-9-19-36)51-48(52-47)41-21-12-22-44(49-41)53-42-30-28-35-17-10-11-20-39(35)45(42)40-29-27-38(31-43(40)53)33-15-6-2-7-16-33/h1-31,44,46-47,49-50H,(H,51,52). The Bertz CT molecular complexity index is 2690. The molecule has 5 heteroatoms. The number of dihydropyridines is 1. The van der Waals surface area contributed by atoms with Gasteiger partial charge in [-0.3, -0.25) is 5.32 Å². The molecule has 2 aliphatic heterocycles. The fraction of sp³-hybridized carbons (Fsp3) is 0.0625. The van der Waals surface area contributed by atoms with Crippen LogP contribution in [0.25, 0.3) is 54.8 Å². The molecule has 8 aromatic rings. The molecule has 3 N–H and O–H groups in total. The van der Waals surface area contributed by atoms with Crippen LogP contribution in [0.4, 0.5) is 0 Å². The van der Waals surface area contributed by atoms with E-state index in [1.165, 1.54) is 54.8 Å². The number of hydrogen-bond donors (Lipinski definition) is 3. The molecule has 3 atom stereocenters. The lowest BCUT2D eigenvalue weighted by Crippen LogP contribution is -2.47. The van der Waals surface area contributed by atoms with E-state index < -0.39 is 0 Å². The summed E-state index contributed by atoms with van der Waals surface area (Å²) in [6.45, 7) is 0. The Morgan fingerprint density at radius 3 is 1.94 bits per heavy atom. The highest BCUT2D eigenvalue weighted by Gasteiger charge is 2.29. The molecule has 0 fully saturated rings. The summed E-state index contributed by atoms with van der Waals surface area (Å²) in [7, 11) is 0. The lowest BCUT2D eigenvalue weighted by molar-refractivity contribution is 0.406. The molecular weight excluding hydrogens is 647 g/mol. The lowest BCUT2D eigenvalue weighted by Gasteiger charge is -2.34. The van der Waals surface area contributed by atoms with Crippen molar-refractivity contribution < 1.29 is 0 Å². The summed E-state index contributed by atoms with van der Waals surface area (Å²) in [6, 6.07) is 60.5. The zero-order valence-corrected chi connectivity index (χ0v) is 29.0. The van der Waals surface area contributed by atoms with Crippen molar-refractivity contribution in [2.45, 2.75) is 18.5 Å². The summed E-state index contributed by atoms with van der Waals surface area (Å²) >= 11 is 0. The number of nitrogens with zero attached hydrogens (tertiary/aromatic N) is 2. The third-order valence-corrected chi connectivity index (χ3v) is 10.5. The number of hydrogen-bond acceptors (Lipinski definition) is 4. The molecule has 0 radical (unpaired) electrons. The Morgan fingerprint density at radius 1 is 0.509 bits per heavy atom. The summed E-state index contributed by atoms with van der Waals surface area (Å²) in [4.78, 5) is 5.27. The molecule has 3 unspecified atom stereocenters. The van der Waals surface area contributed by atoms with Crippen molar-refractivity contribution in [2.24, 2.45) is 4.99 Å². The fourth-order valence-corrected chi connectivity index (χ4v) is 7.91. The summed E-state index contributed by atoms with van der Waals surface area (Å²) in [5.41, 5.74) is 10.4. The molecule has 254 valence electrons. The Morgan fingerprint density at radius 2 is 1.17 bits per heavy atom. The second-order valence-corrected chi connectivity index (χ2v) is 13.7. The average molecular weight is 684 g/mol. The van der Waals surface area contributed by atoms with Crippen LogP contribution >= 0.6 is 0 Å². The van der Waals surface area contributed by atoms with Crippen LogP contribution in [0, 0.1) is 0 Å². The number of nitrogens with one attached hydrogen (secondary N) is 3. The number of benzene rings is 7. The molecule has 5 nitrogen and oxygen atoms in total. The predicted molar refractivity (Wildman–Crippen MR) is 219 cm³/mol. The first-order chi connectivity index (χ1) is 26.3. The van der Waals surface area contributed by atoms with E-state index in [9.17, 15) is 0 Å². The van der Waals surface area contributed by atoms with Crippen molar-refractivity contribution in [1.82, 2.24) is 20.5 Å². The molecule has 7 aromatic carbocycles. The van der Waals surface area contributed by atoms with Gasteiger partial charge in [-0.25, -0.2) is 4.99 Å². The Kier molecular flexibility index (Phi) is 7.70. The van der Waals surface area contributed by atoms with Crippen molar-refractivity contribution in [3.63, 3.8) is 0 Å². The third-order valence-electron chi connectivity index (χ3n) is 10.5. The van der Waals surface area contributed by atoms with Gasteiger partial charge in [-0.05, 0) is 68.4 Å². The molecule has 1 aromatic heterocycles. The van der Waals surface area contributed by atoms with Gasteiger partial charge < -0.3 is 15.2 Å². The summed E-state index contributed by atoms with van der Waals surface area (Å²) in [5, 5.41) is 16.4. The van der Waals surface area contributed by atoms with E-state index in [0.29, 0.717) is 0 Å². The summed E-state index contributed by atoms with van der Waals surface area (Å²) < 4.78 is 2.45. The Hall–Kier alpha value is -6.69. The van der Waals surface area contributed by atoms with Crippen LogP contribution in [0.5, 0.6) is 0 Å². The van der Waals surface area contributed by atoms with Crippen LogP contribution in [0.2, 0.25) is 0 Å². The molecule has 53 heavy (non-hydrogen) atoms. The van der Waals surface area contributed by atoms with Crippen LogP contribution in [-0.2, 0) is 0 Å². The SMILES string of the molecule is C1=CC(n2c3cc(-c4ccccc4)ccc3c3c4ccccc4ccc32)NC(C2=NC(c3ccccc3)NC(c3ccc(-c4ccccc4)cc3)N2)=C1. The van der Waals surface area contributed by atoms with Crippen LogP contribution in [0.1, 0.15) is 29.6 Å². The molecule has 0 saturated carbocycles. The highest BCUT2D eigenvalue weighted by Crippen LogP contribution is 2.39. The van der Waals surface area contributed by atoms with Gasteiger partial charge in [0.25, 0.3) is 0 Å². The van der Waals surface area contributed by atoms with E-state index in [4.69, 9.17) is 4.99 Å². The van der Waals surface area contributed by atoms with Gasteiger partial charge in [-0.2, -0.15) is 0 Å². The maximum Gasteiger partial charge on any atom is 0.148 e. The van der Waals surface area contributed by atoms with Crippen LogP contribution in [0.15, 0.2) is 199 Å². The van der Waals surface area contributed by atoms with Crippen LogP contribution in [-0.4, -0.2) is 10.4 Å². The first-order valence-electron chi connectivity index (χ1n) is 18.2. The van der Waals surface area contributed by atoms with Crippen molar-refractivity contribution in [2.75, 3.05) is 0 Å². The largest absolute Gasteiger partial charge is 0.359 e. The molecule has 0 aliphatic carbocycles. The second-order valence-electron chi connectivity index (χ2n) is 13.7. The Labute approximate surface area is 308 Å². The van der Waals surface area contributed by atoms with Crippen LogP contribution in [0.3, 0.4) is 0 Å². The van der Waals surface area contributed by atoms with E-state index in [1.807, 2.05) is 6.07 Å². The molecule has 10 rings (SSSR count). The number of rotatable bonds is 6. The second kappa shape index (κ2) is 13.1. The van der Waals surface area contributed by atoms with E-state index >= 15 is 0 Å². The van der Waals surface area contributed by atoms with Gasteiger partial charge in [-0.1, -0.05) is 164 Å². The first-order valence-corrected chi connectivity index (χ1v) is 18.2. The number of aromatic nitrogens is 1. The molecule has 0 saturated heterocycles.